The Bertz CT molecular complexity index is 1020. The zero-order valence-corrected chi connectivity index (χ0v) is 15.2. The molecule has 0 radical (unpaired) electrons. The lowest BCUT2D eigenvalue weighted by molar-refractivity contribution is -0.112. The van der Waals surface area contributed by atoms with Crippen LogP contribution in [0.5, 0.6) is 11.5 Å². The second-order valence-electron chi connectivity index (χ2n) is 5.35. The first-order valence-electron chi connectivity index (χ1n) is 7.76. The highest BCUT2D eigenvalue weighted by atomic mass is 32.2. The van der Waals surface area contributed by atoms with Crippen LogP contribution in [0.25, 0.3) is 6.08 Å². The number of phenols is 1. The number of amides is 1. The van der Waals surface area contributed by atoms with Crippen molar-refractivity contribution in [1.29, 1.82) is 5.26 Å². The second kappa shape index (κ2) is 8.35. The van der Waals surface area contributed by atoms with E-state index in [0.29, 0.717) is 17.9 Å². The lowest BCUT2D eigenvalue weighted by Crippen LogP contribution is -2.14. The summed E-state index contributed by atoms with van der Waals surface area (Å²) in [5, 5.41) is 26.5. The van der Waals surface area contributed by atoms with Crippen LogP contribution in [0.2, 0.25) is 0 Å². The van der Waals surface area contributed by atoms with Gasteiger partial charge in [-0.15, -0.1) is 0 Å². The molecule has 0 saturated carbocycles. The van der Waals surface area contributed by atoms with Gasteiger partial charge in [-0.2, -0.15) is 5.26 Å². The van der Waals surface area contributed by atoms with Crippen LogP contribution < -0.4 is 15.2 Å². The highest BCUT2D eigenvalue weighted by molar-refractivity contribution is 7.89. The monoisotopic (exact) mass is 387 g/mol. The lowest BCUT2D eigenvalue weighted by Gasteiger charge is -2.07. The Morgan fingerprint density at radius 3 is 2.52 bits per heavy atom. The number of ether oxygens (including phenoxy) is 1. The number of aromatic hydroxyl groups is 1. The number of hydrogen-bond donors (Lipinski definition) is 3. The van der Waals surface area contributed by atoms with E-state index in [-0.39, 0.29) is 22.0 Å². The maximum Gasteiger partial charge on any atom is 0.266 e. The average Bonchev–Trinajstić information content (AvgIpc) is 2.62. The molecular formula is C18H17N3O5S. The van der Waals surface area contributed by atoms with Crippen LogP contribution in [0, 0.1) is 11.3 Å². The molecule has 0 fully saturated rings. The largest absolute Gasteiger partial charge is 0.504 e. The Hall–Kier alpha value is -3.35. The van der Waals surface area contributed by atoms with E-state index in [9.17, 15) is 23.6 Å². The normalized spacial score (nSPS) is 11.5. The zero-order valence-electron chi connectivity index (χ0n) is 14.3. The first-order chi connectivity index (χ1) is 12.7. The molecule has 2 aromatic rings. The summed E-state index contributed by atoms with van der Waals surface area (Å²) in [4.78, 5) is 12.2. The maximum atomic E-state index is 12.3. The molecular weight excluding hydrogens is 370 g/mol. The van der Waals surface area contributed by atoms with E-state index in [0.717, 1.165) is 0 Å². The fourth-order valence-electron chi connectivity index (χ4n) is 2.13. The summed E-state index contributed by atoms with van der Waals surface area (Å²) in [6, 6.07) is 11.4. The molecule has 0 spiro atoms. The molecule has 8 nitrogen and oxygen atoms in total. The average molecular weight is 387 g/mol. The molecule has 4 N–H and O–H groups in total. The first-order valence-corrected chi connectivity index (χ1v) is 9.31. The minimum atomic E-state index is -3.83. The van der Waals surface area contributed by atoms with Gasteiger partial charge in [0.15, 0.2) is 11.5 Å². The molecule has 1 amide bonds. The van der Waals surface area contributed by atoms with Gasteiger partial charge in [0.2, 0.25) is 10.0 Å². The van der Waals surface area contributed by atoms with Gasteiger partial charge in [0, 0.05) is 5.69 Å². The molecule has 0 aliphatic carbocycles. The van der Waals surface area contributed by atoms with Crippen molar-refractivity contribution in [2.75, 3.05) is 11.9 Å². The van der Waals surface area contributed by atoms with E-state index < -0.39 is 15.9 Å². The number of sulfonamides is 1. The van der Waals surface area contributed by atoms with Gasteiger partial charge in [-0.1, -0.05) is 6.07 Å². The lowest BCUT2D eigenvalue weighted by atomic mass is 10.1. The van der Waals surface area contributed by atoms with Crippen LogP contribution in [0.4, 0.5) is 5.69 Å². The van der Waals surface area contributed by atoms with Crippen LogP contribution in [0.15, 0.2) is 52.9 Å². The minimum absolute atomic E-state index is 0.0492. The molecule has 0 atom stereocenters. The van der Waals surface area contributed by atoms with Crippen molar-refractivity contribution in [3.05, 3.63) is 53.6 Å². The van der Waals surface area contributed by atoms with Crippen molar-refractivity contribution < 1.29 is 23.1 Å². The van der Waals surface area contributed by atoms with E-state index in [1.54, 1.807) is 13.0 Å². The van der Waals surface area contributed by atoms with E-state index in [4.69, 9.17) is 9.88 Å². The summed E-state index contributed by atoms with van der Waals surface area (Å²) in [6.07, 6.45) is 1.34. The highest BCUT2D eigenvalue weighted by Gasteiger charge is 2.12. The standard InChI is InChI=1S/C18H17N3O5S/c1-2-26-17-10-12(3-8-16(17)22)9-13(11-19)18(23)21-14-4-6-15(7-5-14)27(20,24)25/h3-10,22H,2H2,1H3,(H,21,23)(H2,20,24,25)/b13-9+. The molecule has 0 unspecified atom stereocenters. The van der Waals surface area contributed by atoms with Crippen molar-refractivity contribution in [2.24, 2.45) is 5.14 Å². The number of nitriles is 1. The second-order valence-corrected chi connectivity index (χ2v) is 6.91. The van der Waals surface area contributed by atoms with Crippen molar-refractivity contribution in [3.8, 4) is 17.6 Å². The molecule has 0 aliphatic rings. The molecule has 0 heterocycles. The van der Waals surface area contributed by atoms with Crippen LogP contribution in [0.3, 0.4) is 0 Å². The predicted molar refractivity (Wildman–Crippen MR) is 99.3 cm³/mol. The topological polar surface area (TPSA) is 143 Å². The number of carbonyl (C=O) groups excluding carboxylic acids is 1. The molecule has 0 bridgehead atoms. The summed E-state index contributed by atoms with van der Waals surface area (Å²) in [7, 11) is -3.83. The molecule has 140 valence electrons. The van der Waals surface area contributed by atoms with Crippen molar-refractivity contribution in [2.45, 2.75) is 11.8 Å². The molecule has 9 heteroatoms. The number of nitrogens with zero attached hydrogens (tertiary/aromatic N) is 1. The number of anilines is 1. The Morgan fingerprint density at radius 2 is 1.96 bits per heavy atom. The number of rotatable bonds is 6. The fraction of sp³-hybridized carbons (Fsp3) is 0.111. The van der Waals surface area contributed by atoms with Gasteiger partial charge >= 0.3 is 0 Å². The van der Waals surface area contributed by atoms with Gasteiger partial charge in [0.05, 0.1) is 11.5 Å². The van der Waals surface area contributed by atoms with Crippen LogP contribution in [-0.2, 0) is 14.8 Å². The van der Waals surface area contributed by atoms with Crippen molar-refractivity contribution >= 4 is 27.7 Å². The minimum Gasteiger partial charge on any atom is -0.504 e. The summed E-state index contributed by atoms with van der Waals surface area (Å²) in [5.41, 5.74) is 0.612. The Balaban J connectivity index is 2.22. The van der Waals surface area contributed by atoms with Gasteiger partial charge in [0.1, 0.15) is 11.6 Å². The van der Waals surface area contributed by atoms with Crippen molar-refractivity contribution in [1.82, 2.24) is 0 Å². The number of hydrogen-bond acceptors (Lipinski definition) is 6. The van der Waals surface area contributed by atoms with E-state index in [1.165, 1.54) is 48.5 Å². The maximum absolute atomic E-state index is 12.3. The van der Waals surface area contributed by atoms with Gasteiger partial charge in [-0.3, -0.25) is 4.79 Å². The molecule has 2 aromatic carbocycles. The third-order valence-electron chi connectivity index (χ3n) is 3.40. The Morgan fingerprint density at radius 1 is 1.30 bits per heavy atom. The van der Waals surface area contributed by atoms with Gasteiger partial charge in [0.25, 0.3) is 5.91 Å². The third-order valence-corrected chi connectivity index (χ3v) is 4.33. The first kappa shape index (κ1) is 20.0. The number of carbonyl (C=O) groups is 1. The Kier molecular flexibility index (Phi) is 6.18. The molecule has 2 rings (SSSR count). The fourth-order valence-corrected chi connectivity index (χ4v) is 2.65. The van der Waals surface area contributed by atoms with Crippen molar-refractivity contribution in [3.63, 3.8) is 0 Å². The molecule has 0 aromatic heterocycles. The Labute approximate surface area is 156 Å². The highest BCUT2D eigenvalue weighted by Crippen LogP contribution is 2.27. The smallest absolute Gasteiger partial charge is 0.266 e. The number of benzene rings is 2. The van der Waals surface area contributed by atoms with E-state index >= 15 is 0 Å². The van der Waals surface area contributed by atoms with E-state index in [2.05, 4.69) is 5.32 Å². The third kappa shape index (κ3) is 5.31. The van der Waals surface area contributed by atoms with Crippen LogP contribution >= 0.6 is 0 Å². The van der Waals surface area contributed by atoms with Crippen LogP contribution in [0.1, 0.15) is 12.5 Å². The van der Waals surface area contributed by atoms with Gasteiger partial charge in [-0.05, 0) is 55.0 Å². The number of nitrogens with one attached hydrogen (secondary N) is 1. The number of nitrogens with two attached hydrogens (primary N) is 1. The summed E-state index contributed by atoms with van der Waals surface area (Å²) in [5.74, 6) is -0.485. The van der Waals surface area contributed by atoms with Gasteiger partial charge in [-0.25, -0.2) is 13.6 Å². The quantitative estimate of drug-likeness (QED) is 0.511. The molecule has 0 aliphatic heterocycles. The zero-order chi connectivity index (χ0) is 20.0. The molecule has 27 heavy (non-hydrogen) atoms. The predicted octanol–water partition coefficient (Wildman–Crippen LogP) is 1.98. The van der Waals surface area contributed by atoms with E-state index in [1.807, 2.05) is 0 Å². The number of phenolic OH excluding ortho intramolecular Hbond substituents is 1. The summed E-state index contributed by atoms with van der Waals surface area (Å²) in [6.45, 7) is 2.11. The van der Waals surface area contributed by atoms with Gasteiger partial charge < -0.3 is 15.2 Å². The summed E-state index contributed by atoms with van der Waals surface area (Å²) >= 11 is 0. The SMILES string of the molecule is CCOc1cc(/C=C(\C#N)C(=O)Nc2ccc(S(N)(=O)=O)cc2)ccc1O. The number of primary sulfonamides is 1. The van der Waals surface area contributed by atoms with Crippen LogP contribution in [-0.4, -0.2) is 26.0 Å². The summed E-state index contributed by atoms with van der Waals surface area (Å²) < 4.78 is 27.7. The molecule has 0 saturated heterocycles.